The molecule has 2 amide bonds. The van der Waals surface area contributed by atoms with Gasteiger partial charge in [-0.2, -0.15) is 0 Å². The van der Waals surface area contributed by atoms with Gasteiger partial charge in [0.05, 0.1) is 19.1 Å². The molecule has 8 heteroatoms. The van der Waals surface area contributed by atoms with E-state index in [1.807, 2.05) is 32.9 Å². The maximum atomic E-state index is 13.8. The maximum Gasteiger partial charge on any atom is 0.254 e. The zero-order chi connectivity index (χ0) is 30.5. The van der Waals surface area contributed by atoms with Crippen LogP contribution in [0.4, 0.5) is 5.69 Å². The summed E-state index contributed by atoms with van der Waals surface area (Å²) in [5, 5.41) is 3.07. The number of anilines is 1. The lowest BCUT2D eigenvalue weighted by atomic mass is 9.89. The van der Waals surface area contributed by atoms with Crippen LogP contribution in [0, 0.1) is 12.8 Å². The average Bonchev–Trinajstić information content (AvgIpc) is 2.99. The van der Waals surface area contributed by atoms with E-state index in [1.165, 1.54) is 5.56 Å². The molecule has 43 heavy (non-hydrogen) atoms. The monoisotopic (exact) mass is 585 g/mol. The third-order valence-electron chi connectivity index (χ3n) is 9.29. The number of dihydropyridines is 1. The molecule has 2 aliphatic heterocycles. The van der Waals surface area contributed by atoms with Crippen molar-refractivity contribution in [3.8, 4) is 11.1 Å². The van der Waals surface area contributed by atoms with Crippen molar-refractivity contribution >= 4 is 23.2 Å². The number of morpholine rings is 1. The summed E-state index contributed by atoms with van der Waals surface area (Å²) in [6.07, 6.45) is 6.04. The van der Waals surface area contributed by atoms with Crippen LogP contribution < -0.4 is 16.0 Å². The first-order chi connectivity index (χ1) is 20.7. The highest BCUT2D eigenvalue weighted by molar-refractivity contribution is 6.06. The molecule has 0 radical (unpaired) electrons. The first kappa shape index (κ1) is 31.1. The van der Waals surface area contributed by atoms with Crippen LogP contribution in [0.25, 0.3) is 11.1 Å². The standard InChI is InChI=1S/C35H47N5O3/c1-5-40(30-12-10-29(36)11-13-30)33-20-28(27-8-6-26(7-9-27)22-39-14-16-43-17-15-39)19-31(25(33)4)34(41)37-21-32-23(2)18-24(3)38-35(32)42/h6-9,18-20,29-30,32H,5,10-17,21-22,36H2,1-4H3,(H,37,41). The normalized spacial score (nSPS) is 23.0. The third-order valence-corrected chi connectivity index (χ3v) is 9.29. The Morgan fingerprint density at radius 2 is 1.74 bits per heavy atom. The smallest absolute Gasteiger partial charge is 0.254 e. The Bertz CT molecular complexity index is 1370. The molecule has 2 heterocycles. The minimum absolute atomic E-state index is 0.168. The number of hydrogen-bond acceptors (Lipinski definition) is 6. The number of allylic oxidation sites excluding steroid dienone is 1. The topological polar surface area (TPSA) is 100 Å². The molecular formula is C35H47N5O3. The van der Waals surface area contributed by atoms with Crippen LogP contribution in [0.1, 0.15) is 67.9 Å². The van der Waals surface area contributed by atoms with E-state index >= 15 is 0 Å². The molecule has 2 fully saturated rings. The fourth-order valence-electron chi connectivity index (χ4n) is 6.71. The fourth-order valence-corrected chi connectivity index (χ4v) is 6.71. The molecule has 3 aliphatic rings. The van der Waals surface area contributed by atoms with Gasteiger partial charge in [0.15, 0.2) is 0 Å². The summed E-state index contributed by atoms with van der Waals surface area (Å²) in [6.45, 7) is 13.4. The Hall–Kier alpha value is -3.33. The number of hydrogen-bond donors (Lipinski definition) is 2. The molecule has 2 aromatic rings. The van der Waals surface area contributed by atoms with E-state index in [0.717, 1.165) is 93.0 Å². The van der Waals surface area contributed by atoms with Crippen molar-refractivity contribution in [1.82, 2.24) is 10.2 Å². The van der Waals surface area contributed by atoms with Gasteiger partial charge in [-0.1, -0.05) is 29.8 Å². The molecule has 8 nitrogen and oxygen atoms in total. The van der Waals surface area contributed by atoms with Gasteiger partial charge in [-0.25, -0.2) is 4.99 Å². The Labute approximate surface area is 256 Å². The second kappa shape index (κ2) is 14.0. The van der Waals surface area contributed by atoms with Crippen molar-refractivity contribution < 1.29 is 14.3 Å². The molecular weight excluding hydrogens is 538 g/mol. The van der Waals surface area contributed by atoms with Crippen LogP contribution in [0.3, 0.4) is 0 Å². The summed E-state index contributed by atoms with van der Waals surface area (Å²) < 4.78 is 5.50. The van der Waals surface area contributed by atoms with E-state index in [2.05, 4.69) is 57.4 Å². The highest BCUT2D eigenvalue weighted by Crippen LogP contribution is 2.35. The SMILES string of the molecule is CCN(c1cc(-c2ccc(CN3CCOCC3)cc2)cc(C(=O)NCC2C(=O)N=C(C)C=C2C)c1C)C1CCC(N)CC1. The largest absolute Gasteiger partial charge is 0.379 e. The van der Waals surface area contributed by atoms with Gasteiger partial charge in [0, 0.05) is 61.8 Å². The summed E-state index contributed by atoms with van der Waals surface area (Å²) >= 11 is 0. The highest BCUT2D eigenvalue weighted by Gasteiger charge is 2.28. The lowest BCUT2D eigenvalue weighted by Gasteiger charge is -2.38. The summed E-state index contributed by atoms with van der Waals surface area (Å²) in [7, 11) is 0. The third kappa shape index (κ3) is 7.43. The molecule has 0 bridgehead atoms. The minimum Gasteiger partial charge on any atom is -0.379 e. The zero-order valence-corrected chi connectivity index (χ0v) is 26.2. The van der Waals surface area contributed by atoms with Crippen molar-refractivity contribution in [2.75, 3.05) is 44.3 Å². The van der Waals surface area contributed by atoms with Gasteiger partial charge in [0.1, 0.15) is 0 Å². The Morgan fingerprint density at radius 3 is 2.40 bits per heavy atom. The number of benzene rings is 2. The lowest BCUT2D eigenvalue weighted by molar-refractivity contribution is -0.120. The molecule has 0 spiro atoms. The van der Waals surface area contributed by atoms with E-state index < -0.39 is 5.92 Å². The van der Waals surface area contributed by atoms with Gasteiger partial charge in [0.25, 0.3) is 11.8 Å². The van der Waals surface area contributed by atoms with Crippen LogP contribution in [0.5, 0.6) is 0 Å². The van der Waals surface area contributed by atoms with Crippen molar-refractivity contribution in [2.24, 2.45) is 16.6 Å². The van der Waals surface area contributed by atoms with Gasteiger partial charge in [-0.05, 0) is 93.8 Å². The number of carbonyl (C=O) groups is 2. The summed E-state index contributed by atoms with van der Waals surface area (Å²) in [5.74, 6) is -0.805. The van der Waals surface area contributed by atoms with Gasteiger partial charge in [-0.3, -0.25) is 14.5 Å². The number of rotatable bonds is 9. The molecule has 230 valence electrons. The molecule has 5 rings (SSSR count). The molecule has 1 atom stereocenters. The minimum atomic E-state index is -0.437. The number of carbonyl (C=O) groups excluding carboxylic acids is 2. The van der Waals surface area contributed by atoms with Crippen LogP contribution in [0.15, 0.2) is 53.0 Å². The summed E-state index contributed by atoms with van der Waals surface area (Å²) in [4.78, 5) is 35.4. The molecule has 1 saturated heterocycles. The van der Waals surface area contributed by atoms with Gasteiger partial charge in [-0.15, -0.1) is 0 Å². The van der Waals surface area contributed by atoms with E-state index in [0.29, 0.717) is 17.3 Å². The molecule has 1 unspecified atom stereocenters. The molecule has 0 aromatic heterocycles. The average molecular weight is 586 g/mol. The molecule has 1 aliphatic carbocycles. The highest BCUT2D eigenvalue weighted by atomic mass is 16.5. The van der Waals surface area contributed by atoms with Crippen molar-refractivity contribution in [2.45, 2.75) is 72.0 Å². The van der Waals surface area contributed by atoms with Crippen LogP contribution >= 0.6 is 0 Å². The van der Waals surface area contributed by atoms with Gasteiger partial charge in [0.2, 0.25) is 0 Å². The Morgan fingerprint density at radius 1 is 1.05 bits per heavy atom. The summed E-state index contributed by atoms with van der Waals surface area (Å²) in [6, 6.07) is 13.6. The first-order valence-corrected chi connectivity index (χ1v) is 15.8. The van der Waals surface area contributed by atoms with Gasteiger partial charge < -0.3 is 20.7 Å². The molecule has 3 N–H and O–H groups in total. The number of aliphatic imine (C=N–C) groups is 1. The zero-order valence-electron chi connectivity index (χ0n) is 26.2. The quantitative estimate of drug-likeness (QED) is 0.435. The molecule has 1 saturated carbocycles. The number of nitrogens with two attached hydrogens (primary N) is 1. The Balaban J connectivity index is 1.44. The van der Waals surface area contributed by atoms with Crippen LogP contribution in [-0.4, -0.2) is 73.9 Å². The predicted molar refractivity (Wildman–Crippen MR) is 174 cm³/mol. The van der Waals surface area contributed by atoms with Gasteiger partial charge >= 0.3 is 0 Å². The second-order valence-corrected chi connectivity index (χ2v) is 12.4. The van der Waals surface area contributed by atoms with E-state index in [4.69, 9.17) is 10.5 Å². The van der Waals surface area contributed by atoms with E-state index in [9.17, 15) is 9.59 Å². The first-order valence-electron chi connectivity index (χ1n) is 15.8. The second-order valence-electron chi connectivity index (χ2n) is 12.4. The Kier molecular flexibility index (Phi) is 10.1. The number of amides is 2. The van der Waals surface area contributed by atoms with Crippen molar-refractivity contribution in [3.05, 3.63) is 64.7 Å². The fraction of sp³-hybridized carbons (Fsp3) is 0.514. The van der Waals surface area contributed by atoms with Crippen molar-refractivity contribution in [1.29, 1.82) is 0 Å². The number of nitrogens with one attached hydrogen (secondary N) is 1. The number of nitrogens with zero attached hydrogens (tertiary/aromatic N) is 3. The van der Waals surface area contributed by atoms with Crippen LogP contribution in [-0.2, 0) is 16.1 Å². The van der Waals surface area contributed by atoms with Crippen molar-refractivity contribution in [3.63, 3.8) is 0 Å². The predicted octanol–water partition coefficient (Wildman–Crippen LogP) is 4.88. The summed E-state index contributed by atoms with van der Waals surface area (Å²) in [5.41, 5.74) is 13.9. The van der Waals surface area contributed by atoms with E-state index in [1.54, 1.807) is 0 Å². The lowest BCUT2D eigenvalue weighted by Crippen LogP contribution is -2.41. The maximum absolute atomic E-state index is 13.8. The van der Waals surface area contributed by atoms with Crippen LogP contribution in [0.2, 0.25) is 0 Å². The number of ether oxygens (including phenoxy) is 1. The molecule has 2 aromatic carbocycles. The van der Waals surface area contributed by atoms with E-state index in [-0.39, 0.29) is 24.4 Å².